The summed E-state index contributed by atoms with van der Waals surface area (Å²) in [4.78, 5) is 11.2. The third-order valence-electron chi connectivity index (χ3n) is 3.71. The van der Waals surface area contributed by atoms with Crippen LogP contribution in [0.5, 0.6) is 5.75 Å². The SMILES string of the molecule is COc1ccccc1C1(Cl)C(=O)Nc2cc(Cl)c(C)cc21. The number of halogens is 2. The minimum Gasteiger partial charge on any atom is -0.496 e. The fourth-order valence-electron chi connectivity index (χ4n) is 2.60. The number of para-hydroxylation sites is 1. The highest BCUT2D eigenvalue weighted by molar-refractivity contribution is 6.42. The largest absolute Gasteiger partial charge is 0.496 e. The van der Waals surface area contributed by atoms with Gasteiger partial charge in [-0.05, 0) is 30.7 Å². The minimum absolute atomic E-state index is 0.301. The van der Waals surface area contributed by atoms with E-state index in [0.29, 0.717) is 27.6 Å². The first-order chi connectivity index (χ1) is 9.98. The standard InChI is InChI=1S/C16H13Cl2NO2/c1-9-7-11-13(8-12(9)17)19-15(20)16(11,18)10-5-3-4-6-14(10)21-2/h3-8H,1-2H3,(H,19,20). The molecule has 2 aromatic rings. The Morgan fingerprint density at radius 2 is 1.90 bits per heavy atom. The van der Waals surface area contributed by atoms with Crippen molar-refractivity contribution in [3.05, 3.63) is 58.1 Å². The molecule has 1 atom stereocenters. The number of nitrogens with one attached hydrogen (secondary N) is 1. The molecule has 0 aromatic heterocycles. The quantitative estimate of drug-likeness (QED) is 0.846. The number of fused-ring (bicyclic) bond motifs is 1. The highest BCUT2D eigenvalue weighted by Gasteiger charge is 2.48. The van der Waals surface area contributed by atoms with Crippen LogP contribution >= 0.6 is 23.2 Å². The van der Waals surface area contributed by atoms with Gasteiger partial charge in [0.15, 0.2) is 4.87 Å². The zero-order chi connectivity index (χ0) is 15.2. The molecule has 0 saturated carbocycles. The van der Waals surface area contributed by atoms with Crippen LogP contribution in [0.15, 0.2) is 36.4 Å². The lowest BCUT2D eigenvalue weighted by Crippen LogP contribution is -2.30. The molecule has 1 aliphatic rings. The van der Waals surface area contributed by atoms with E-state index in [4.69, 9.17) is 27.9 Å². The minimum atomic E-state index is -1.31. The topological polar surface area (TPSA) is 38.3 Å². The van der Waals surface area contributed by atoms with E-state index in [1.54, 1.807) is 25.3 Å². The second-order valence-corrected chi connectivity index (χ2v) is 5.93. The van der Waals surface area contributed by atoms with Gasteiger partial charge in [-0.15, -0.1) is 0 Å². The van der Waals surface area contributed by atoms with Crippen molar-refractivity contribution in [1.82, 2.24) is 0 Å². The summed E-state index contributed by atoms with van der Waals surface area (Å²) in [6, 6.07) is 10.8. The average molecular weight is 322 g/mol. The Bertz CT molecular complexity index is 745. The molecule has 0 fully saturated rings. The highest BCUT2D eigenvalue weighted by Crippen LogP contribution is 2.49. The number of aryl methyl sites for hydroxylation is 1. The van der Waals surface area contributed by atoms with Crippen molar-refractivity contribution in [2.75, 3.05) is 12.4 Å². The third kappa shape index (κ3) is 2.00. The van der Waals surface area contributed by atoms with Gasteiger partial charge in [0.25, 0.3) is 5.91 Å². The van der Waals surface area contributed by atoms with Gasteiger partial charge >= 0.3 is 0 Å². The predicted octanol–water partition coefficient (Wildman–Crippen LogP) is 4.09. The molecule has 108 valence electrons. The van der Waals surface area contributed by atoms with Crippen molar-refractivity contribution in [2.24, 2.45) is 0 Å². The number of anilines is 1. The summed E-state index contributed by atoms with van der Waals surface area (Å²) in [6.07, 6.45) is 0. The van der Waals surface area contributed by atoms with E-state index in [0.717, 1.165) is 5.56 Å². The van der Waals surface area contributed by atoms with Crippen LogP contribution in [0.3, 0.4) is 0 Å². The van der Waals surface area contributed by atoms with Crippen molar-refractivity contribution < 1.29 is 9.53 Å². The van der Waals surface area contributed by atoms with E-state index in [-0.39, 0.29) is 5.91 Å². The van der Waals surface area contributed by atoms with Crippen LogP contribution in [0.2, 0.25) is 5.02 Å². The van der Waals surface area contributed by atoms with E-state index in [1.165, 1.54) is 0 Å². The van der Waals surface area contributed by atoms with Crippen LogP contribution in [0.25, 0.3) is 0 Å². The zero-order valence-corrected chi connectivity index (χ0v) is 13.0. The van der Waals surface area contributed by atoms with E-state index < -0.39 is 4.87 Å². The summed E-state index contributed by atoms with van der Waals surface area (Å²) in [5.41, 5.74) is 2.82. The second-order valence-electron chi connectivity index (χ2n) is 4.96. The number of benzene rings is 2. The molecular formula is C16H13Cl2NO2. The first kappa shape index (κ1) is 14.2. The third-order valence-corrected chi connectivity index (χ3v) is 4.70. The van der Waals surface area contributed by atoms with E-state index in [9.17, 15) is 4.79 Å². The number of alkyl halides is 1. The molecule has 0 radical (unpaired) electrons. The normalized spacial score (nSPS) is 20.1. The summed E-state index contributed by atoms with van der Waals surface area (Å²) >= 11 is 12.9. The molecule has 21 heavy (non-hydrogen) atoms. The lowest BCUT2D eigenvalue weighted by atomic mass is 9.90. The maximum absolute atomic E-state index is 12.5. The molecule has 0 saturated heterocycles. The summed E-state index contributed by atoms with van der Waals surface area (Å²) in [5, 5.41) is 3.39. The first-order valence-corrected chi connectivity index (χ1v) is 7.18. The monoisotopic (exact) mass is 321 g/mol. The molecule has 1 aliphatic heterocycles. The Labute approximate surface area is 132 Å². The molecule has 1 amide bonds. The molecule has 1 heterocycles. The van der Waals surface area contributed by atoms with Crippen LogP contribution in [0, 0.1) is 6.92 Å². The van der Waals surface area contributed by atoms with Gasteiger partial charge in [0, 0.05) is 21.8 Å². The van der Waals surface area contributed by atoms with Crippen LogP contribution < -0.4 is 10.1 Å². The molecule has 0 bridgehead atoms. The Hall–Kier alpha value is -1.71. The van der Waals surface area contributed by atoms with Gasteiger partial charge in [0.1, 0.15) is 5.75 Å². The lowest BCUT2D eigenvalue weighted by Gasteiger charge is -2.23. The van der Waals surface area contributed by atoms with Crippen molar-refractivity contribution in [1.29, 1.82) is 0 Å². The number of hydrogen-bond acceptors (Lipinski definition) is 2. The van der Waals surface area contributed by atoms with Gasteiger partial charge in [-0.25, -0.2) is 0 Å². The summed E-state index contributed by atoms with van der Waals surface area (Å²) in [7, 11) is 1.56. The number of carbonyl (C=O) groups excluding carboxylic acids is 1. The van der Waals surface area contributed by atoms with Crippen LogP contribution in [0.1, 0.15) is 16.7 Å². The van der Waals surface area contributed by atoms with Gasteiger partial charge in [0.2, 0.25) is 0 Å². The van der Waals surface area contributed by atoms with Crippen molar-refractivity contribution in [3.63, 3.8) is 0 Å². The fraction of sp³-hybridized carbons (Fsp3) is 0.188. The zero-order valence-electron chi connectivity index (χ0n) is 11.5. The number of carbonyl (C=O) groups is 1. The number of amides is 1. The Balaban J connectivity index is 2.28. The Morgan fingerprint density at radius 3 is 2.62 bits per heavy atom. The van der Waals surface area contributed by atoms with Crippen LogP contribution in [-0.2, 0) is 9.67 Å². The first-order valence-electron chi connectivity index (χ1n) is 6.43. The van der Waals surface area contributed by atoms with Crippen LogP contribution in [-0.4, -0.2) is 13.0 Å². The number of rotatable bonds is 2. The van der Waals surface area contributed by atoms with Gasteiger partial charge in [-0.3, -0.25) is 4.79 Å². The summed E-state index contributed by atoms with van der Waals surface area (Å²) < 4.78 is 5.35. The molecule has 5 heteroatoms. The lowest BCUT2D eigenvalue weighted by molar-refractivity contribution is -0.117. The Kier molecular flexibility index (Phi) is 3.34. The maximum atomic E-state index is 12.5. The summed E-state index contributed by atoms with van der Waals surface area (Å²) in [6.45, 7) is 1.88. The van der Waals surface area contributed by atoms with E-state index in [1.807, 2.05) is 25.1 Å². The molecule has 0 spiro atoms. The molecule has 1 N–H and O–H groups in total. The molecule has 3 nitrogen and oxygen atoms in total. The molecular weight excluding hydrogens is 309 g/mol. The Morgan fingerprint density at radius 1 is 1.19 bits per heavy atom. The number of hydrogen-bond donors (Lipinski definition) is 1. The number of ether oxygens (including phenoxy) is 1. The fourth-order valence-corrected chi connectivity index (χ4v) is 3.12. The van der Waals surface area contributed by atoms with E-state index >= 15 is 0 Å². The van der Waals surface area contributed by atoms with Crippen molar-refractivity contribution in [3.8, 4) is 5.75 Å². The van der Waals surface area contributed by atoms with Gasteiger partial charge < -0.3 is 10.1 Å². The number of methoxy groups -OCH3 is 1. The van der Waals surface area contributed by atoms with E-state index in [2.05, 4.69) is 5.32 Å². The second kappa shape index (κ2) is 4.93. The van der Waals surface area contributed by atoms with Crippen LogP contribution in [0.4, 0.5) is 5.69 Å². The van der Waals surface area contributed by atoms with Gasteiger partial charge in [-0.1, -0.05) is 41.4 Å². The average Bonchev–Trinajstić information content (AvgIpc) is 2.72. The summed E-state index contributed by atoms with van der Waals surface area (Å²) in [5.74, 6) is 0.272. The smallest absolute Gasteiger partial charge is 0.254 e. The van der Waals surface area contributed by atoms with Crippen molar-refractivity contribution >= 4 is 34.8 Å². The molecule has 1 unspecified atom stereocenters. The molecule has 0 aliphatic carbocycles. The van der Waals surface area contributed by atoms with Crippen molar-refractivity contribution in [2.45, 2.75) is 11.8 Å². The van der Waals surface area contributed by atoms with Gasteiger partial charge in [0.05, 0.1) is 7.11 Å². The highest BCUT2D eigenvalue weighted by atomic mass is 35.5. The predicted molar refractivity (Wildman–Crippen MR) is 84.4 cm³/mol. The molecule has 3 rings (SSSR count). The molecule has 2 aromatic carbocycles. The van der Waals surface area contributed by atoms with Gasteiger partial charge in [-0.2, -0.15) is 0 Å². The maximum Gasteiger partial charge on any atom is 0.254 e.